The number of carbonyl (C=O) groups excluding carboxylic acids is 1. The molecule has 1 fully saturated rings. The van der Waals surface area contributed by atoms with Gasteiger partial charge in [0.15, 0.2) is 11.6 Å². The Balaban J connectivity index is 1.68. The minimum atomic E-state index is -1.32. The topological polar surface area (TPSA) is 134 Å². The van der Waals surface area contributed by atoms with Crippen molar-refractivity contribution in [3.8, 4) is 5.75 Å². The first-order valence-corrected chi connectivity index (χ1v) is 10.8. The van der Waals surface area contributed by atoms with Crippen molar-refractivity contribution in [2.24, 2.45) is 0 Å². The van der Waals surface area contributed by atoms with Gasteiger partial charge < -0.3 is 26.0 Å². The summed E-state index contributed by atoms with van der Waals surface area (Å²) in [5.74, 6) is -3.41. The number of aliphatic hydroxyl groups is 2. The largest absolute Gasteiger partial charge is 0.496 e. The van der Waals surface area contributed by atoms with Gasteiger partial charge >= 0.3 is 0 Å². The van der Waals surface area contributed by atoms with E-state index >= 15 is 0 Å². The highest BCUT2D eigenvalue weighted by molar-refractivity contribution is 6.13. The SMILES string of the molecule is COc1ccc(F)c(F)c1C(=O)c1cnc(NC2CCC(N(CCO)CCO)CC2)nc1N. The first kappa shape index (κ1) is 24.7. The second-order valence-corrected chi connectivity index (χ2v) is 7.89. The van der Waals surface area contributed by atoms with Gasteiger partial charge in [0.2, 0.25) is 11.7 Å². The molecule has 2 aromatic rings. The number of benzene rings is 1. The van der Waals surface area contributed by atoms with Crippen LogP contribution in [0.2, 0.25) is 0 Å². The Bertz CT molecular complexity index is 964. The molecule has 0 unspecified atom stereocenters. The van der Waals surface area contributed by atoms with E-state index in [-0.39, 0.29) is 48.4 Å². The second-order valence-electron chi connectivity index (χ2n) is 7.89. The number of nitrogens with one attached hydrogen (secondary N) is 1. The van der Waals surface area contributed by atoms with Crippen LogP contribution in [0.5, 0.6) is 5.75 Å². The van der Waals surface area contributed by atoms with Crippen molar-refractivity contribution in [2.45, 2.75) is 37.8 Å². The lowest BCUT2D eigenvalue weighted by atomic mass is 9.90. The number of aliphatic hydroxyl groups excluding tert-OH is 2. The maximum Gasteiger partial charge on any atom is 0.224 e. The van der Waals surface area contributed by atoms with Crippen LogP contribution in [0.15, 0.2) is 18.3 Å². The van der Waals surface area contributed by atoms with Gasteiger partial charge in [-0.3, -0.25) is 9.69 Å². The molecule has 0 amide bonds. The summed E-state index contributed by atoms with van der Waals surface area (Å²) in [6.07, 6.45) is 4.60. The fourth-order valence-corrected chi connectivity index (χ4v) is 4.19. The smallest absolute Gasteiger partial charge is 0.224 e. The lowest BCUT2D eigenvalue weighted by Gasteiger charge is -2.36. The number of nitrogen functional groups attached to an aromatic ring is 1. The van der Waals surface area contributed by atoms with Gasteiger partial charge in [0.05, 0.1) is 25.9 Å². The summed E-state index contributed by atoms with van der Waals surface area (Å²) < 4.78 is 33.0. The Hall–Kier alpha value is -2.89. The Labute approximate surface area is 190 Å². The number of nitrogens with two attached hydrogens (primary N) is 1. The van der Waals surface area contributed by atoms with E-state index < -0.39 is 23.0 Å². The third-order valence-electron chi connectivity index (χ3n) is 5.89. The van der Waals surface area contributed by atoms with Crippen molar-refractivity contribution in [2.75, 3.05) is 44.5 Å². The normalized spacial score (nSPS) is 18.4. The molecule has 0 saturated heterocycles. The van der Waals surface area contributed by atoms with Crippen LogP contribution in [0, 0.1) is 11.6 Å². The number of hydrogen-bond acceptors (Lipinski definition) is 9. The van der Waals surface area contributed by atoms with Gasteiger partial charge in [-0.2, -0.15) is 4.98 Å². The molecular weight excluding hydrogens is 436 g/mol. The average molecular weight is 466 g/mol. The summed E-state index contributed by atoms with van der Waals surface area (Å²) in [6.45, 7) is 1.13. The molecule has 180 valence electrons. The molecule has 1 aliphatic carbocycles. The maximum atomic E-state index is 14.3. The van der Waals surface area contributed by atoms with E-state index in [1.165, 1.54) is 13.3 Å². The van der Waals surface area contributed by atoms with Gasteiger partial charge in [-0.25, -0.2) is 13.8 Å². The van der Waals surface area contributed by atoms with Crippen molar-refractivity contribution in [3.63, 3.8) is 0 Å². The maximum absolute atomic E-state index is 14.3. The van der Waals surface area contributed by atoms with Crippen LogP contribution in [0.4, 0.5) is 20.5 Å². The molecule has 9 nitrogen and oxygen atoms in total. The predicted octanol–water partition coefficient (Wildman–Crippen LogP) is 1.59. The fourth-order valence-electron chi connectivity index (χ4n) is 4.19. The number of methoxy groups -OCH3 is 1. The molecule has 1 aromatic heterocycles. The van der Waals surface area contributed by atoms with Crippen LogP contribution in [-0.4, -0.2) is 76.4 Å². The molecule has 0 aliphatic heterocycles. The zero-order valence-corrected chi connectivity index (χ0v) is 18.4. The average Bonchev–Trinajstić information content (AvgIpc) is 2.81. The number of ether oxygens (including phenoxy) is 1. The van der Waals surface area contributed by atoms with E-state index in [4.69, 9.17) is 10.5 Å². The Morgan fingerprint density at radius 3 is 2.45 bits per heavy atom. The Kier molecular flexibility index (Phi) is 8.48. The van der Waals surface area contributed by atoms with Crippen molar-refractivity contribution in [1.82, 2.24) is 14.9 Å². The molecule has 1 aliphatic rings. The highest BCUT2D eigenvalue weighted by atomic mass is 19.2. The predicted molar refractivity (Wildman–Crippen MR) is 118 cm³/mol. The van der Waals surface area contributed by atoms with Crippen molar-refractivity contribution in [3.05, 3.63) is 41.1 Å². The van der Waals surface area contributed by atoms with Gasteiger partial charge in [-0.1, -0.05) is 0 Å². The second kappa shape index (κ2) is 11.3. The molecule has 0 spiro atoms. The van der Waals surface area contributed by atoms with Crippen LogP contribution in [0.3, 0.4) is 0 Å². The molecule has 5 N–H and O–H groups in total. The van der Waals surface area contributed by atoms with Gasteiger partial charge in [-0.15, -0.1) is 0 Å². The number of anilines is 2. The van der Waals surface area contributed by atoms with E-state index in [1.54, 1.807) is 0 Å². The molecule has 0 radical (unpaired) electrons. The third kappa shape index (κ3) is 5.73. The quantitative estimate of drug-likeness (QED) is 0.386. The van der Waals surface area contributed by atoms with Crippen LogP contribution >= 0.6 is 0 Å². The van der Waals surface area contributed by atoms with E-state index in [9.17, 15) is 23.8 Å². The summed E-state index contributed by atoms with van der Waals surface area (Å²) in [5.41, 5.74) is 5.23. The summed E-state index contributed by atoms with van der Waals surface area (Å²) in [5, 5.41) is 21.7. The first-order chi connectivity index (χ1) is 15.9. The van der Waals surface area contributed by atoms with Gasteiger partial charge in [-0.05, 0) is 37.8 Å². The minimum absolute atomic E-state index is 0.0434. The molecule has 1 heterocycles. The molecule has 33 heavy (non-hydrogen) atoms. The number of rotatable bonds is 10. The van der Waals surface area contributed by atoms with Crippen LogP contribution < -0.4 is 15.8 Å². The summed E-state index contributed by atoms with van der Waals surface area (Å²) >= 11 is 0. The fraction of sp³-hybridized carbons (Fsp3) is 0.500. The zero-order valence-electron chi connectivity index (χ0n) is 18.4. The number of hydrogen-bond donors (Lipinski definition) is 4. The zero-order chi connectivity index (χ0) is 24.0. The number of halogens is 2. The molecule has 0 atom stereocenters. The highest BCUT2D eigenvalue weighted by Gasteiger charge is 2.27. The number of ketones is 1. The van der Waals surface area contributed by atoms with Crippen molar-refractivity contribution < 1.29 is 28.5 Å². The summed E-state index contributed by atoms with van der Waals surface area (Å²) in [7, 11) is 1.25. The lowest BCUT2D eigenvalue weighted by molar-refractivity contribution is 0.0991. The van der Waals surface area contributed by atoms with Crippen molar-refractivity contribution in [1.29, 1.82) is 0 Å². The molecule has 1 saturated carbocycles. The van der Waals surface area contributed by atoms with E-state index in [1.807, 2.05) is 0 Å². The number of nitrogens with zero attached hydrogens (tertiary/aromatic N) is 3. The Morgan fingerprint density at radius 1 is 1.21 bits per heavy atom. The highest BCUT2D eigenvalue weighted by Crippen LogP contribution is 2.29. The van der Waals surface area contributed by atoms with Gasteiger partial charge in [0.25, 0.3) is 0 Å². The van der Waals surface area contributed by atoms with Gasteiger partial charge in [0, 0.05) is 31.4 Å². The summed E-state index contributed by atoms with van der Waals surface area (Å²) in [4.78, 5) is 23.2. The first-order valence-electron chi connectivity index (χ1n) is 10.8. The molecular formula is C22H29F2N5O4. The van der Waals surface area contributed by atoms with E-state index in [2.05, 4.69) is 20.2 Å². The molecule has 3 rings (SSSR count). The third-order valence-corrected chi connectivity index (χ3v) is 5.89. The minimum Gasteiger partial charge on any atom is -0.496 e. The van der Waals surface area contributed by atoms with E-state index in [0.29, 0.717) is 13.1 Å². The number of carbonyl (C=O) groups is 1. The van der Waals surface area contributed by atoms with Crippen molar-refractivity contribution >= 4 is 17.5 Å². The molecule has 11 heteroatoms. The molecule has 0 bridgehead atoms. The van der Waals surface area contributed by atoms with Crippen LogP contribution in [0.25, 0.3) is 0 Å². The lowest BCUT2D eigenvalue weighted by Crippen LogP contribution is -2.43. The Morgan fingerprint density at radius 2 is 1.88 bits per heavy atom. The molecule has 1 aromatic carbocycles. The number of aromatic nitrogens is 2. The summed E-state index contributed by atoms with van der Waals surface area (Å²) in [6, 6.07) is 2.41. The van der Waals surface area contributed by atoms with Crippen LogP contribution in [-0.2, 0) is 0 Å². The van der Waals surface area contributed by atoms with Crippen LogP contribution in [0.1, 0.15) is 41.6 Å². The van der Waals surface area contributed by atoms with Gasteiger partial charge in [0.1, 0.15) is 17.1 Å². The monoisotopic (exact) mass is 465 g/mol. The van der Waals surface area contributed by atoms with E-state index in [0.717, 1.165) is 37.8 Å². The standard InChI is InChI=1S/C22H29F2N5O4/c1-33-17-7-6-16(23)19(24)18(17)20(32)15-12-26-22(28-21(15)25)27-13-2-4-14(5-3-13)29(8-10-30)9-11-31/h6-7,12-14,30-31H,2-5,8-11H2,1H3,(H3,25,26,27,28).